The Hall–Kier alpha value is -2.24. The summed E-state index contributed by atoms with van der Waals surface area (Å²) in [6.45, 7) is 4.72. The van der Waals surface area contributed by atoms with Crippen LogP contribution in [0, 0.1) is 0 Å². The number of carboxylic acid groups (broad SMARTS) is 1. The Labute approximate surface area is 130 Å². The van der Waals surface area contributed by atoms with Crippen molar-refractivity contribution in [3.8, 4) is 11.5 Å². The van der Waals surface area contributed by atoms with Gasteiger partial charge in [-0.1, -0.05) is 12.1 Å². The first-order valence-corrected chi connectivity index (χ1v) is 7.42. The summed E-state index contributed by atoms with van der Waals surface area (Å²) < 4.78 is 11.1. The lowest BCUT2D eigenvalue weighted by molar-refractivity contribution is -0.144. The van der Waals surface area contributed by atoms with Crippen LogP contribution >= 0.6 is 0 Å². The van der Waals surface area contributed by atoms with Crippen molar-refractivity contribution in [2.75, 3.05) is 26.3 Å². The van der Waals surface area contributed by atoms with Gasteiger partial charge < -0.3 is 19.5 Å². The van der Waals surface area contributed by atoms with Gasteiger partial charge in [0.05, 0.1) is 13.2 Å². The summed E-state index contributed by atoms with van der Waals surface area (Å²) in [5.74, 6) is 0.149. The summed E-state index contributed by atoms with van der Waals surface area (Å²) in [5.41, 5.74) is 0. The lowest BCUT2D eigenvalue weighted by atomic mass is 10.2. The Balaban J connectivity index is 2.38. The number of nitrogens with zero attached hydrogens (tertiary/aromatic N) is 1. The Bertz CT molecular complexity index is 489. The Morgan fingerprint density at radius 1 is 1.14 bits per heavy atom. The molecule has 1 aromatic carbocycles. The zero-order chi connectivity index (χ0) is 16.4. The molecule has 0 radical (unpaired) electrons. The van der Waals surface area contributed by atoms with Crippen LogP contribution in [0.4, 0.5) is 0 Å². The molecule has 6 nitrogen and oxygen atoms in total. The minimum Gasteiger partial charge on any atom is -0.490 e. The van der Waals surface area contributed by atoms with Gasteiger partial charge in [-0.3, -0.25) is 9.59 Å². The molecule has 1 aromatic rings. The van der Waals surface area contributed by atoms with Gasteiger partial charge in [0.2, 0.25) is 5.91 Å². The van der Waals surface area contributed by atoms with E-state index in [1.165, 1.54) is 4.90 Å². The van der Waals surface area contributed by atoms with Gasteiger partial charge in [-0.15, -0.1) is 0 Å². The molecule has 1 amide bonds. The SMILES string of the molecule is CCOc1ccccc1OCCCC(=O)N(CC)CC(=O)O. The normalized spacial score (nSPS) is 10.1. The molecule has 0 aliphatic heterocycles. The van der Waals surface area contributed by atoms with E-state index in [0.717, 1.165) is 0 Å². The Morgan fingerprint density at radius 3 is 2.32 bits per heavy atom. The average molecular weight is 309 g/mol. The van der Waals surface area contributed by atoms with Crippen LogP contribution in [-0.4, -0.2) is 48.2 Å². The number of hydrogen-bond acceptors (Lipinski definition) is 4. The summed E-state index contributed by atoms with van der Waals surface area (Å²) in [4.78, 5) is 23.8. The highest BCUT2D eigenvalue weighted by atomic mass is 16.5. The maximum Gasteiger partial charge on any atom is 0.323 e. The smallest absolute Gasteiger partial charge is 0.323 e. The first kappa shape index (κ1) is 17.8. The van der Waals surface area contributed by atoms with Crippen molar-refractivity contribution in [2.24, 2.45) is 0 Å². The van der Waals surface area contributed by atoms with Crippen molar-refractivity contribution in [2.45, 2.75) is 26.7 Å². The molecule has 6 heteroatoms. The monoisotopic (exact) mass is 309 g/mol. The van der Waals surface area contributed by atoms with Gasteiger partial charge in [0.1, 0.15) is 6.54 Å². The number of para-hydroxylation sites is 2. The van der Waals surface area contributed by atoms with Crippen LogP contribution < -0.4 is 9.47 Å². The number of likely N-dealkylation sites (N-methyl/N-ethyl adjacent to an activating group) is 1. The van der Waals surface area contributed by atoms with Crippen LogP contribution in [-0.2, 0) is 9.59 Å². The van der Waals surface area contributed by atoms with Gasteiger partial charge in [-0.05, 0) is 32.4 Å². The number of rotatable bonds is 10. The number of carboxylic acids is 1. The summed E-state index contributed by atoms with van der Waals surface area (Å²) >= 11 is 0. The van der Waals surface area contributed by atoms with Crippen LogP contribution in [0.5, 0.6) is 11.5 Å². The van der Waals surface area contributed by atoms with Crippen molar-refractivity contribution in [1.29, 1.82) is 0 Å². The fourth-order valence-electron chi connectivity index (χ4n) is 1.95. The van der Waals surface area contributed by atoms with Crippen LogP contribution in [0.2, 0.25) is 0 Å². The Kier molecular flexibility index (Phi) is 7.81. The van der Waals surface area contributed by atoms with Crippen LogP contribution in [0.25, 0.3) is 0 Å². The second-order valence-corrected chi connectivity index (χ2v) is 4.63. The van der Waals surface area contributed by atoms with Gasteiger partial charge >= 0.3 is 5.97 Å². The molecule has 0 spiro atoms. The number of carbonyl (C=O) groups is 2. The number of aliphatic carboxylic acids is 1. The molecule has 0 atom stereocenters. The number of benzene rings is 1. The van der Waals surface area contributed by atoms with E-state index in [-0.39, 0.29) is 18.9 Å². The lowest BCUT2D eigenvalue weighted by Gasteiger charge is -2.18. The van der Waals surface area contributed by atoms with Gasteiger partial charge in [0, 0.05) is 13.0 Å². The molecule has 0 heterocycles. The maximum atomic E-state index is 11.9. The molecular formula is C16H23NO5. The summed E-state index contributed by atoms with van der Waals surface area (Å²) in [7, 11) is 0. The minimum absolute atomic E-state index is 0.174. The van der Waals surface area contributed by atoms with E-state index in [1.54, 1.807) is 6.92 Å². The molecule has 22 heavy (non-hydrogen) atoms. The van der Waals surface area contributed by atoms with Crippen molar-refractivity contribution >= 4 is 11.9 Å². The number of amides is 1. The highest BCUT2D eigenvalue weighted by Crippen LogP contribution is 2.26. The molecule has 122 valence electrons. The molecule has 0 aromatic heterocycles. The molecule has 0 saturated carbocycles. The predicted octanol–water partition coefficient (Wildman–Crippen LogP) is 2.18. The van der Waals surface area contributed by atoms with E-state index in [9.17, 15) is 9.59 Å². The van der Waals surface area contributed by atoms with E-state index in [2.05, 4.69) is 0 Å². The van der Waals surface area contributed by atoms with Crippen LogP contribution in [0.1, 0.15) is 26.7 Å². The predicted molar refractivity (Wildman–Crippen MR) is 82.2 cm³/mol. The highest BCUT2D eigenvalue weighted by Gasteiger charge is 2.14. The topological polar surface area (TPSA) is 76.1 Å². The van der Waals surface area contributed by atoms with Crippen molar-refractivity contribution in [3.05, 3.63) is 24.3 Å². The molecule has 0 aliphatic rings. The number of hydrogen-bond donors (Lipinski definition) is 1. The quantitative estimate of drug-likeness (QED) is 0.670. The highest BCUT2D eigenvalue weighted by molar-refractivity contribution is 5.81. The fourth-order valence-corrected chi connectivity index (χ4v) is 1.95. The second-order valence-electron chi connectivity index (χ2n) is 4.63. The molecular weight excluding hydrogens is 286 g/mol. The third kappa shape index (κ3) is 6.03. The molecule has 0 unspecified atom stereocenters. The van der Waals surface area contributed by atoms with E-state index in [1.807, 2.05) is 31.2 Å². The molecule has 0 bridgehead atoms. The maximum absolute atomic E-state index is 11.9. The fraction of sp³-hybridized carbons (Fsp3) is 0.500. The van der Waals surface area contributed by atoms with Gasteiger partial charge in [0.15, 0.2) is 11.5 Å². The third-order valence-electron chi connectivity index (χ3n) is 3.00. The summed E-state index contributed by atoms with van der Waals surface area (Å²) in [5, 5.41) is 8.73. The molecule has 0 aliphatic carbocycles. The van der Waals surface area contributed by atoms with Gasteiger partial charge in [-0.2, -0.15) is 0 Å². The number of ether oxygens (including phenoxy) is 2. The minimum atomic E-state index is -1.00. The van der Waals surface area contributed by atoms with Crippen LogP contribution in [0.15, 0.2) is 24.3 Å². The Morgan fingerprint density at radius 2 is 1.77 bits per heavy atom. The molecule has 0 fully saturated rings. The molecule has 1 N–H and O–H groups in total. The molecule has 0 saturated heterocycles. The van der Waals surface area contributed by atoms with E-state index < -0.39 is 5.97 Å². The van der Waals surface area contributed by atoms with Gasteiger partial charge in [-0.25, -0.2) is 0 Å². The average Bonchev–Trinajstić information content (AvgIpc) is 2.50. The number of carbonyl (C=O) groups excluding carboxylic acids is 1. The van der Waals surface area contributed by atoms with E-state index >= 15 is 0 Å². The first-order chi connectivity index (χ1) is 10.6. The van der Waals surface area contributed by atoms with Crippen molar-refractivity contribution in [3.63, 3.8) is 0 Å². The van der Waals surface area contributed by atoms with E-state index in [0.29, 0.717) is 37.7 Å². The molecule has 1 rings (SSSR count). The third-order valence-corrected chi connectivity index (χ3v) is 3.00. The standard InChI is InChI=1S/C16H23NO5/c1-3-17(12-16(19)20)15(18)10-7-11-22-14-9-6-5-8-13(14)21-4-2/h5-6,8-9H,3-4,7,10-12H2,1-2H3,(H,19,20). The van der Waals surface area contributed by atoms with Gasteiger partial charge in [0.25, 0.3) is 0 Å². The zero-order valence-electron chi connectivity index (χ0n) is 13.1. The van der Waals surface area contributed by atoms with Crippen molar-refractivity contribution in [1.82, 2.24) is 4.90 Å². The largest absolute Gasteiger partial charge is 0.490 e. The van der Waals surface area contributed by atoms with Crippen LogP contribution in [0.3, 0.4) is 0 Å². The van der Waals surface area contributed by atoms with Crippen molar-refractivity contribution < 1.29 is 24.2 Å². The van der Waals surface area contributed by atoms with E-state index in [4.69, 9.17) is 14.6 Å². The lowest BCUT2D eigenvalue weighted by Crippen LogP contribution is -2.35. The second kappa shape index (κ2) is 9.65. The first-order valence-electron chi connectivity index (χ1n) is 7.42. The summed E-state index contributed by atoms with van der Waals surface area (Å²) in [6.07, 6.45) is 0.785. The summed E-state index contributed by atoms with van der Waals surface area (Å²) in [6, 6.07) is 7.37. The zero-order valence-corrected chi connectivity index (χ0v) is 13.1.